The second-order valence-electron chi connectivity index (χ2n) is 5.10. The summed E-state index contributed by atoms with van der Waals surface area (Å²) in [5, 5.41) is 4.61. The molecule has 0 bridgehead atoms. The van der Waals surface area contributed by atoms with Crippen molar-refractivity contribution >= 4 is 39.2 Å². The summed E-state index contributed by atoms with van der Waals surface area (Å²) in [6.45, 7) is 1.90. The zero-order valence-electron chi connectivity index (χ0n) is 13.2. The Hall–Kier alpha value is -2.38. The first kappa shape index (κ1) is 16.5. The van der Waals surface area contributed by atoms with E-state index in [1.165, 1.54) is 0 Å². The van der Waals surface area contributed by atoms with E-state index in [9.17, 15) is 8.42 Å². The molecule has 0 aliphatic rings. The number of hydrogen-bond donors (Lipinski definition) is 1. The number of benzene rings is 1. The summed E-state index contributed by atoms with van der Waals surface area (Å²) < 4.78 is 31.1. The molecule has 0 unspecified atom stereocenters. The molecule has 1 N–H and O–H groups in total. The minimum absolute atomic E-state index is 0.111. The number of oxazole rings is 1. The molecule has 0 amide bonds. The van der Waals surface area contributed by atoms with Crippen LogP contribution < -0.4 is 5.32 Å². The molecule has 0 spiro atoms. The highest BCUT2D eigenvalue weighted by Crippen LogP contribution is 2.29. The van der Waals surface area contributed by atoms with E-state index >= 15 is 0 Å². The molecule has 0 fully saturated rings. The van der Waals surface area contributed by atoms with Crippen molar-refractivity contribution in [1.82, 2.24) is 4.98 Å². The first-order valence-electron chi connectivity index (χ1n) is 7.22. The van der Waals surface area contributed by atoms with Crippen molar-refractivity contribution in [1.29, 1.82) is 0 Å². The van der Waals surface area contributed by atoms with Gasteiger partial charge in [-0.3, -0.25) is 0 Å². The second kappa shape index (κ2) is 6.62. The monoisotopic (exact) mass is 360 g/mol. The van der Waals surface area contributed by atoms with E-state index in [2.05, 4.69) is 10.3 Å². The molecule has 2 heterocycles. The Kier molecular flexibility index (Phi) is 4.55. The van der Waals surface area contributed by atoms with Crippen molar-refractivity contribution in [3.05, 3.63) is 58.1 Å². The molecule has 0 aliphatic carbocycles. The van der Waals surface area contributed by atoms with Gasteiger partial charge in [0.25, 0.3) is 0 Å². The van der Waals surface area contributed by atoms with Gasteiger partial charge in [0, 0.05) is 18.0 Å². The Morgan fingerprint density at radius 1 is 1.17 bits per heavy atom. The number of hydrogen-bond acceptors (Lipinski definition) is 6. The van der Waals surface area contributed by atoms with Crippen molar-refractivity contribution in [3.63, 3.8) is 0 Å². The van der Waals surface area contributed by atoms with Gasteiger partial charge in [-0.2, -0.15) is 4.98 Å². The molecule has 0 atom stereocenters. The molecule has 0 saturated carbocycles. The van der Waals surface area contributed by atoms with E-state index in [1.54, 1.807) is 48.7 Å². The number of sulfone groups is 1. The van der Waals surface area contributed by atoms with Crippen molar-refractivity contribution in [2.75, 3.05) is 12.4 Å². The SMILES string of the molecule is CNc1oc(/C=C/c2cccs2)nc1S(=O)(=O)c1ccc(C)cc1. The molecule has 0 radical (unpaired) electrons. The van der Waals surface area contributed by atoms with Crippen LogP contribution in [0.3, 0.4) is 0 Å². The Bertz CT molecular complexity index is 954. The van der Waals surface area contributed by atoms with Gasteiger partial charge in [0.15, 0.2) is 0 Å². The topological polar surface area (TPSA) is 72.2 Å². The first-order valence-corrected chi connectivity index (χ1v) is 9.59. The lowest BCUT2D eigenvalue weighted by Gasteiger charge is -2.03. The Morgan fingerprint density at radius 2 is 1.92 bits per heavy atom. The highest BCUT2D eigenvalue weighted by molar-refractivity contribution is 7.91. The second-order valence-corrected chi connectivity index (χ2v) is 7.95. The fraction of sp³-hybridized carbons (Fsp3) is 0.118. The number of nitrogens with zero attached hydrogens (tertiary/aromatic N) is 1. The van der Waals surface area contributed by atoms with Crippen LogP contribution in [0, 0.1) is 6.92 Å². The number of aryl methyl sites for hydroxylation is 1. The van der Waals surface area contributed by atoms with Gasteiger partial charge in [-0.1, -0.05) is 23.8 Å². The number of nitrogens with one attached hydrogen (secondary N) is 1. The molecule has 7 heteroatoms. The molecule has 5 nitrogen and oxygen atoms in total. The lowest BCUT2D eigenvalue weighted by atomic mass is 10.2. The lowest BCUT2D eigenvalue weighted by Crippen LogP contribution is -2.05. The molecule has 1 aromatic carbocycles. The molecule has 3 rings (SSSR count). The van der Waals surface area contributed by atoms with Gasteiger partial charge in [-0.15, -0.1) is 11.3 Å². The van der Waals surface area contributed by atoms with Crippen LogP contribution in [-0.2, 0) is 9.84 Å². The van der Waals surface area contributed by atoms with E-state index in [0.29, 0.717) is 0 Å². The normalized spacial score (nSPS) is 11.9. The van der Waals surface area contributed by atoms with Crippen LogP contribution in [0.1, 0.15) is 16.3 Å². The van der Waals surface area contributed by atoms with Gasteiger partial charge in [0.2, 0.25) is 26.6 Å². The Balaban J connectivity index is 1.99. The zero-order chi connectivity index (χ0) is 17.2. The van der Waals surface area contributed by atoms with Crippen molar-refractivity contribution < 1.29 is 12.8 Å². The third-order valence-corrected chi connectivity index (χ3v) is 5.87. The first-order chi connectivity index (χ1) is 11.5. The predicted octanol–water partition coefficient (Wildman–Crippen LogP) is 4.09. The minimum atomic E-state index is -3.75. The third kappa shape index (κ3) is 3.27. The van der Waals surface area contributed by atoms with Crippen LogP contribution in [0.4, 0.5) is 5.88 Å². The summed E-state index contributed by atoms with van der Waals surface area (Å²) in [7, 11) is -2.15. The quantitative estimate of drug-likeness (QED) is 0.742. The van der Waals surface area contributed by atoms with Crippen molar-refractivity contribution in [2.45, 2.75) is 16.8 Å². The summed E-state index contributed by atoms with van der Waals surface area (Å²) in [5.74, 6) is 0.361. The van der Waals surface area contributed by atoms with Gasteiger partial charge in [0.05, 0.1) is 4.90 Å². The Morgan fingerprint density at radius 3 is 2.54 bits per heavy atom. The third-order valence-electron chi connectivity index (χ3n) is 3.36. The van der Waals surface area contributed by atoms with Crippen LogP contribution in [0.15, 0.2) is 56.1 Å². The summed E-state index contributed by atoms with van der Waals surface area (Å²) in [6, 6.07) is 10.5. The molecule has 0 saturated heterocycles. The maximum Gasteiger partial charge on any atom is 0.233 e. The van der Waals surface area contributed by atoms with E-state index in [1.807, 2.05) is 30.5 Å². The van der Waals surface area contributed by atoms with Crippen LogP contribution >= 0.6 is 11.3 Å². The van der Waals surface area contributed by atoms with E-state index < -0.39 is 9.84 Å². The Labute approximate surface area is 144 Å². The molecule has 2 aromatic heterocycles. The van der Waals surface area contributed by atoms with E-state index in [-0.39, 0.29) is 21.7 Å². The maximum atomic E-state index is 12.8. The van der Waals surface area contributed by atoms with Crippen molar-refractivity contribution in [3.8, 4) is 0 Å². The lowest BCUT2D eigenvalue weighted by molar-refractivity contribution is 0.558. The highest BCUT2D eigenvalue weighted by Gasteiger charge is 2.27. The zero-order valence-corrected chi connectivity index (χ0v) is 14.8. The fourth-order valence-electron chi connectivity index (χ4n) is 2.10. The number of rotatable bonds is 5. The van der Waals surface area contributed by atoms with Crippen molar-refractivity contribution in [2.24, 2.45) is 0 Å². The number of aromatic nitrogens is 1. The molecular formula is C17H16N2O3S2. The molecule has 24 heavy (non-hydrogen) atoms. The van der Waals surface area contributed by atoms with Gasteiger partial charge >= 0.3 is 0 Å². The molecule has 124 valence electrons. The average molecular weight is 360 g/mol. The standard InChI is InChI=1S/C17H16N2O3S2/c1-12-5-8-14(9-6-12)24(20,21)17-16(18-2)22-15(19-17)10-7-13-4-3-11-23-13/h3-11,18H,1-2H3/b10-7+. The van der Waals surface area contributed by atoms with Crippen LogP contribution in [0.5, 0.6) is 0 Å². The van der Waals surface area contributed by atoms with Gasteiger partial charge in [-0.25, -0.2) is 8.42 Å². The summed E-state index contributed by atoms with van der Waals surface area (Å²) in [5.41, 5.74) is 0.988. The van der Waals surface area contributed by atoms with Crippen LogP contribution in [-0.4, -0.2) is 20.4 Å². The fourth-order valence-corrected chi connectivity index (χ4v) is 4.04. The predicted molar refractivity (Wildman–Crippen MR) is 95.9 cm³/mol. The highest BCUT2D eigenvalue weighted by atomic mass is 32.2. The molecule has 0 aliphatic heterocycles. The van der Waals surface area contributed by atoms with Crippen LogP contribution in [0.2, 0.25) is 0 Å². The molecular weight excluding hydrogens is 344 g/mol. The summed E-state index contributed by atoms with van der Waals surface area (Å²) in [4.78, 5) is 5.37. The number of thiophene rings is 1. The van der Waals surface area contributed by atoms with Gasteiger partial charge in [-0.05, 0) is 36.6 Å². The van der Waals surface area contributed by atoms with E-state index in [0.717, 1.165) is 10.4 Å². The smallest absolute Gasteiger partial charge is 0.233 e. The molecule has 3 aromatic rings. The average Bonchev–Trinajstić information content (AvgIpc) is 3.23. The van der Waals surface area contributed by atoms with Gasteiger partial charge < -0.3 is 9.73 Å². The number of anilines is 1. The summed E-state index contributed by atoms with van der Waals surface area (Å²) >= 11 is 1.57. The summed E-state index contributed by atoms with van der Waals surface area (Å²) in [6.07, 6.45) is 3.49. The van der Waals surface area contributed by atoms with E-state index in [4.69, 9.17) is 4.42 Å². The largest absolute Gasteiger partial charge is 0.420 e. The van der Waals surface area contributed by atoms with Gasteiger partial charge in [0.1, 0.15) is 0 Å². The van der Waals surface area contributed by atoms with Crippen LogP contribution in [0.25, 0.3) is 12.2 Å². The maximum absolute atomic E-state index is 12.8. The minimum Gasteiger partial charge on any atom is -0.420 e.